The maximum absolute atomic E-state index is 11.8. The first-order valence-electron chi connectivity index (χ1n) is 3.45. The lowest BCUT2D eigenvalue weighted by Crippen LogP contribution is -2.18. The van der Waals surface area contributed by atoms with Crippen molar-refractivity contribution in [3.05, 3.63) is 15.2 Å². The van der Waals surface area contributed by atoms with Gasteiger partial charge in [0.1, 0.15) is 17.5 Å². The molecule has 0 amide bonds. The quantitative estimate of drug-likeness (QED) is 0.801. The van der Waals surface area contributed by atoms with Gasteiger partial charge in [-0.1, -0.05) is 0 Å². The molecule has 1 aromatic rings. The molecule has 1 heterocycles. The van der Waals surface area contributed by atoms with Crippen molar-refractivity contribution in [3.8, 4) is 11.9 Å². The number of ether oxygens (including phenoxy) is 1. The van der Waals surface area contributed by atoms with Crippen molar-refractivity contribution < 1.29 is 17.9 Å². The summed E-state index contributed by atoms with van der Waals surface area (Å²) in [5.41, 5.74) is 5.30. The fourth-order valence-electron chi connectivity index (χ4n) is 0.791. The van der Waals surface area contributed by atoms with Gasteiger partial charge < -0.3 is 10.5 Å². The molecule has 0 aliphatic carbocycles. The molecule has 0 aliphatic rings. The molecule has 0 bridgehead atoms. The normalized spacial score (nSPS) is 10.9. The largest absolute Gasteiger partial charge is 0.574 e. The minimum atomic E-state index is -4.82. The zero-order chi connectivity index (χ0) is 11.6. The van der Waals surface area contributed by atoms with Gasteiger partial charge in [0.2, 0.25) is 5.88 Å². The Morgan fingerprint density at radius 3 is 2.53 bits per heavy atom. The van der Waals surface area contributed by atoms with Gasteiger partial charge in [-0.15, -0.1) is 13.2 Å². The molecule has 0 fully saturated rings. The molecule has 0 unspecified atom stereocenters. The van der Waals surface area contributed by atoms with Gasteiger partial charge in [-0.25, -0.2) is 0 Å². The van der Waals surface area contributed by atoms with Crippen molar-refractivity contribution in [2.75, 3.05) is 5.73 Å². The summed E-state index contributed by atoms with van der Waals surface area (Å²) in [6.45, 7) is 0. The number of pyridine rings is 1. The lowest BCUT2D eigenvalue weighted by atomic mass is 10.3. The van der Waals surface area contributed by atoms with Gasteiger partial charge in [0.15, 0.2) is 0 Å². The molecule has 0 radical (unpaired) electrons. The highest BCUT2D eigenvalue weighted by Gasteiger charge is 2.32. The Morgan fingerprint density at radius 2 is 2.13 bits per heavy atom. The average molecular weight is 329 g/mol. The van der Waals surface area contributed by atoms with E-state index in [4.69, 9.17) is 11.0 Å². The molecule has 0 spiro atoms. The Morgan fingerprint density at radius 1 is 1.53 bits per heavy atom. The molecule has 1 aromatic heterocycles. The van der Waals surface area contributed by atoms with E-state index in [1.807, 2.05) is 0 Å². The van der Waals surface area contributed by atoms with Gasteiger partial charge in [-0.2, -0.15) is 10.2 Å². The minimum absolute atomic E-state index is 0.0325. The third kappa shape index (κ3) is 3.12. The van der Waals surface area contributed by atoms with E-state index >= 15 is 0 Å². The first-order chi connectivity index (χ1) is 6.83. The first kappa shape index (κ1) is 11.8. The predicted octanol–water partition coefficient (Wildman–Crippen LogP) is 2.04. The van der Waals surface area contributed by atoms with Gasteiger partial charge in [0.05, 0.1) is 0 Å². The van der Waals surface area contributed by atoms with Gasteiger partial charge >= 0.3 is 6.36 Å². The number of hydrogen-bond donors (Lipinski definition) is 1. The summed E-state index contributed by atoms with van der Waals surface area (Å²) < 4.78 is 39.3. The predicted molar refractivity (Wildman–Crippen MR) is 52.8 cm³/mol. The number of anilines is 1. The SMILES string of the molecule is N#Cc1c(I)cc(OC(F)(F)F)nc1N. The van der Waals surface area contributed by atoms with Crippen LogP contribution in [0.5, 0.6) is 5.88 Å². The van der Waals surface area contributed by atoms with Gasteiger partial charge in [0, 0.05) is 9.64 Å². The Labute approximate surface area is 96.0 Å². The van der Waals surface area contributed by atoms with Crippen molar-refractivity contribution in [2.45, 2.75) is 6.36 Å². The minimum Gasteiger partial charge on any atom is -0.388 e. The van der Waals surface area contributed by atoms with Crippen LogP contribution in [0.2, 0.25) is 0 Å². The number of nitrogen functional groups attached to an aromatic ring is 1. The van der Waals surface area contributed by atoms with Crippen LogP contribution < -0.4 is 10.5 Å². The Balaban J connectivity index is 3.11. The van der Waals surface area contributed by atoms with Crippen molar-refractivity contribution >= 4 is 28.4 Å². The van der Waals surface area contributed by atoms with E-state index in [0.717, 1.165) is 6.07 Å². The molecule has 1 rings (SSSR count). The molecule has 80 valence electrons. The van der Waals surface area contributed by atoms with Gasteiger partial charge in [-0.05, 0) is 22.6 Å². The molecular formula is C7H3F3IN3O. The van der Waals surface area contributed by atoms with E-state index < -0.39 is 12.2 Å². The molecule has 4 nitrogen and oxygen atoms in total. The smallest absolute Gasteiger partial charge is 0.388 e. The zero-order valence-electron chi connectivity index (χ0n) is 6.97. The first-order valence-corrected chi connectivity index (χ1v) is 4.53. The van der Waals surface area contributed by atoms with Crippen LogP contribution in [0.3, 0.4) is 0 Å². The molecule has 2 N–H and O–H groups in total. The van der Waals surface area contributed by atoms with E-state index in [1.165, 1.54) is 0 Å². The van der Waals surface area contributed by atoms with Gasteiger partial charge in [0.25, 0.3) is 0 Å². The summed E-state index contributed by atoms with van der Waals surface area (Å²) in [4.78, 5) is 3.30. The summed E-state index contributed by atoms with van der Waals surface area (Å²) in [7, 11) is 0. The van der Waals surface area contributed by atoms with E-state index in [9.17, 15) is 13.2 Å². The number of nitriles is 1. The van der Waals surface area contributed by atoms with Crippen LogP contribution in [0.4, 0.5) is 19.0 Å². The third-order valence-corrected chi connectivity index (χ3v) is 2.16. The average Bonchev–Trinajstić information content (AvgIpc) is 1.99. The van der Waals surface area contributed by atoms with E-state index in [2.05, 4.69) is 9.72 Å². The third-order valence-electron chi connectivity index (χ3n) is 1.31. The molecule has 15 heavy (non-hydrogen) atoms. The number of hydrogen-bond acceptors (Lipinski definition) is 4. The number of aromatic nitrogens is 1. The lowest BCUT2D eigenvalue weighted by Gasteiger charge is -2.09. The molecule has 0 aliphatic heterocycles. The van der Waals surface area contributed by atoms with Crippen molar-refractivity contribution in [1.82, 2.24) is 4.98 Å². The van der Waals surface area contributed by atoms with E-state index in [0.29, 0.717) is 0 Å². The van der Waals surface area contributed by atoms with Crippen LogP contribution in [-0.2, 0) is 0 Å². The van der Waals surface area contributed by atoms with Crippen LogP contribution in [0.15, 0.2) is 6.07 Å². The fraction of sp³-hybridized carbons (Fsp3) is 0.143. The highest BCUT2D eigenvalue weighted by Crippen LogP contribution is 2.26. The maximum atomic E-state index is 11.8. The summed E-state index contributed by atoms with van der Waals surface area (Å²) >= 11 is 1.67. The summed E-state index contributed by atoms with van der Waals surface area (Å²) in [5.74, 6) is -0.966. The fourth-order valence-corrected chi connectivity index (χ4v) is 1.45. The van der Waals surface area contributed by atoms with Crippen LogP contribution >= 0.6 is 22.6 Å². The van der Waals surface area contributed by atoms with Crippen molar-refractivity contribution in [2.24, 2.45) is 0 Å². The number of halogens is 4. The Hall–Kier alpha value is -1.24. The van der Waals surface area contributed by atoms with Crippen LogP contribution in [0.25, 0.3) is 0 Å². The molecule has 0 saturated heterocycles. The molecule has 0 atom stereocenters. The van der Waals surface area contributed by atoms with E-state index in [1.54, 1.807) is 28.7 Å². The molecule has 8 heteroatoms. The van der Waals surface area contributed by atoms with Crippen molar-refractivity contribution in [1.29, 1.82) is 5.26 Å². The van der Waals surface area contributed by atoms with Crippen LogP contribution in [-0.4, -0.2) is 11.3 Å². The standard InChI is InChI=1S/C7H3F3IN3O/c8-7(9,10)15-5-1-4(11)3(2-12)6(13)14-5/h1H,(H2,13,14). The number of nitrogens with zero attached hydrogens (tertiary/aromatic N) is 2. The highest BCUT2D eigenvalue weighted by molar-refractivity contribution is 14.1. The summed E-state index contributed by atoms with van der Waals surface area (Å²) in [6, 6.07) is 2.71. The maximum Gasteiger partial charge on any atom is 0.574 e. The monoisotopic (exact) mass is 329 g/mol. The van der Waals surface area contributed by atoms with Crippen molar-refractivity contribution in [3.63, 3.8) is 0 Å². The number of alkyl halides is 3. The second kappa shape index (κ2) is 4.09. The molecule has 0 aromatic carbocycles. The van der Waals surface area contributed by atoms with Crippen LogP contribution in [0, 0.1) is 14.9 Å². The Kier molecular flexibility index (Phi) is 3.23. The van der Waals surface area contributed by atoms with Crippen LogP contribution in [0.1, 0.15) is 5.56 Å². The van der Waals surface area contributed by atoms with E-state index in [-0.39, 0.29) is 15.0 Å². The summed E-state index contributed by atoms with van der Waals surface area (Å²) in [6.07, 6.45) is -4.82. The number of rotatable bonds is 1. The number of nitrogens with two attached hydrogens (primary N) is 1. The lowest BCUT2D eigenvalue weighted by molar-refractivity contribution is -0.276. The zero-order valence-corrected chi connectivity index (χ0v) is 9.13. The highest BCUT2D eigenvalue weighted by atomic mass is 127. The topological polar surface area (TPSA) is 71.9 Å². The second-order valence-corrected chi connectivity index (χ2v) is 3.52. The van der Waals surface area contributed by atoms with Gasteiger partial charge in [-0.3, -0.25) is 0 Å². The second-order valence-electron chi connectivity index (χ2n) is 2.36. The summed E-state index contributed by atoms with van der Waals surface area (Å²) in [5, 5.41) is 8.58. The molecule has 0 saturated carbocycles. The molecular weight excluding hydrogens is 326 g/mol. The Bertz CT molecular complexity index is 403.